The number of ether oxygens (including phenoxy) is 1. The van der Waals surface area contributed by atoms with Crippen molar-refractivity contribution in [3.05, 3.63) is 0 Å². The Hall–Kier alpha value is -0.120. The van der Waals surface area contributed by atoms with E-state index in [-0.39, 0.29) is 0 Å². The minimum atomic E-state index is 0.325. The molecule has 0 aromatic heterocycles. The summed E-state index contributed by atoms with van der Waals surface area (Å²) in [5.74, 6) is 0.769. The average molecular weight is 252 g/mol. The standard InChI is InChI=1S/C15H28N2O/c1-11(17-7-4-5-8-17)10-16-13-12-6-9-18-14(12)15(13,2)3/h11-14,16H,4-10H2,1-3H3. The van der Waals surface area contributed by atoms with Crippen LogP contribution in [0.25, 0.3) is 0 Å². The van der Waals surface area contributed by atoms with Crippen molar-refractivity contribution in [3.8, 4) is 0 Å². The van der Waals surface area contributed by atoms with Gasteiger partial charge in [0.25, 0.3) is 0 Å². The van der Waals surface area contributed by atoms with E-state index in [0.717, 1.165) is 19.1 Å². The number of nitrogens with zero attached hydrogens (tertiary/aromatic N) is 1. The summed E-state index contributed by atoms with van der Waals surface area (Å²) < 4.78 is 5.85. The number of hydrogen-bond acceptors (Lipinski definition) is 3. The molecule has 3 rings (SSSR count). The van der Waals surface area contributed by atoms with E-state index in [0.29, 0.717) is 23.6 Å². The molecular formula is C15H28N2O. The predicted octanol–water partition coefficient (Wildman–Crippen LogP) is 1.87. The molecule has 18 heavy (non-hydrogen) atoms. The van der Waals surface area contributed by atoms with E-state index in [1.54, 1.807) is 0 Å². The van der Waals surface area contributed by atoms with Crippen molar-refractivity contribution >= 4 is 0 Å². The molecule has 0 aromatic carbocycles. The van der Waals surface area contributed by atoms with Gasteiger partial charge in [-0.25, -0.2) is 0 Å². The van der Waals surface area contributed by atoms with Gasteiger partial charge in [-0.1, -0.05) is 13.8 Å². The molecule has 1 saturated carbocycles. The summed E-state index contributed by atoms with van der Waals surface area (Å²) >= 11 is 0. The zero-order chi connectivity index (χ0) is 12.8. The molecule has 0 spiro atoms. The lowest BCUT2D eigenvalue weighted by atomic mass is 9.57. The highest BCUT2D eigenvalue weighted by Crippen LogP contribution is 2.52. The first-order chi connectivity index (χ1) is 8.60. The lowest BCUT2D eigenvalue weighted by Gasteiger charge is -2.55. The predicted molar refractivity (Wildman–Crippen MR) is 73.7 cm³/mol. The first kappa shape index (κ1) is 12.9. The van der Waals surface area contributed by atoms with Gasteiger partial charge >= 0.3 is 0 Å². The van der Waals surface area contributed by atoms with Crippen LogP contribution in [0.2, 0.25) is 0 Å². The van der Waals surface area contributed by atoms with Crippen molar-refractivity contribution in [2.75, 3.05) is 26.2 Å². The maximum absolute atomic E-state index is 5.85. The maximum atomic E-state index is 5.85. The minimum Gasteiger partial charge on any atom is -0.377 e. The molecule has 1 N–H and O–H groups in total. The molecule has 2 saturated heterocycles. The number of hydrogen-bond donors (Lipinski definition) is 1. The molecule has 0 amide bonds. The van der Waals surface area contributed by atoms with Crippen LogP contribution in [0.15, 0.2) is 0 Å². The summed E-state index contributed by atoms with van der Waals surface area (Å²) in [6.07, 6.45) is 4.54. The van der Waals surface area contributed by atoms with Crippen LogP contribution in [-0.2, 0) is 4.74 Å². The van der Waals surface area contributed by atoms with E-state index in [4.69, 9.17) is 4.74 Å². The molecule has 0 bridgehead atoms. The molecule has 3 aliphatic rings. The monoisotopic (exact) mass is 252 g/mol. The molecule has 1 aliphatic carbocycles. The molecule has 2 aliphatic heterocycles. The van der Waals surface area contributed by atoms with Crippen molar-refractivity contribution in [2.24, 2.45) is 11.3 Å². The second-order valence-corrected chi connectivity index (χ2v) is 7.04. The Morgan fingerprint density at radius 2 is 2.06 bits per heavy atom. The van der Waals surface area contributed by atoms with E-state index in [1.165, 1.54) is 32.4 Å². The molecule has 3 fully saturated rings. The fourth-order valence-corrected chi connectivity index (χ4v) is 4.35. The van der Waals surface area contributed by atoms with Crippen LogP contribution in [0.1, 0.15) is 40.0 Å². The highest BCUT2D eigenvalue weighted by Gasteiger charge is 2.58. The third-order valence-corrected chi connectivity index (χ3v) is 5.50. The van der Waals surface area contributed by atoms with Crippen molar-refractivity contribution in [1.29, 1.82) is 0 Å². The summed E-state index contributed by atoms with van der Waals surface area (Å²) in [4.78, 5) is 2.63. The van der Waals surface area contributed by atoms with Crippen molar-refractivity contribution in [2.45, 2.75) is 58.2 Å². The van der Waals surface area contributed by atoms with Crippen molar-refractivity contribution in [3.63, 3.8) is 0 Å². The van der Waals surface area contributed by atoms with Gasteiger partial charge in [-0.3, -0.25) is 4.90 Å². The van der Waals surface area contributed by atoms with E-state index in [2.05, 4.69) is 31.0 Å². The largest absolute Gasteiger partial charge is 0.377 e. The zero-order valence-electron chi connectivity index (χ0n) is 12.1. The Kier molecular flexibility index (Phi) is 3.41. The first-order valence-corrected chi connectivity index (χ1v) is 7.70. The fourth-order valence-electron chi connectivity index (χ4n) is 4.35. The second-order valence-electron chi connectivity index (χ2n) is 7.04. The van der Waals surface area contributed by atoms with Crippen LogP contribution < -0.4 is 5.32 Å². The molecule has 0 aromatic rings. The van der Waals surface area contributed by atoms with Gasteiger partial charge in [-0.15, -0.1) is 0 Å². The normalized spacial score (nSPS) is 40.5. The summed E-state index contributed by atoms with van der Waals surface area (Å²) in [5, 5.41) is 3.84. The van der Waals surface area contributed by atoms with Crippen LogP contribution in [0, 0.1) is 11.3 Å². The molecule has 104 valence electrons. The molecule has 4 unspecified atom stereocenters. The number of likely N-dealkylation sites (tertiary alicyclic amines) is 1. The van der Waals surface area contributed by atoms with Gasteiger partial charge in [0, 0.05) is 36.6 Å². The summed E-state index contributed by atoms with van der Waals surface area (Å²) in [5.41, 5.74) is 0.325. The third kappa shape index (κ3) is 2.00. The van der Waals surface area contributed by atoms with Gasteiger partial charge in [0.15, 0.2) is 0 Å². The van der Waals surface area contributed by atoms with Gasteiger partial charge in [0.2, 0.25) is 0 Å². The molecule has 4 atom stereocenters. The number of fused-ring (bicyclic) bond motifs is 1. The second kappa shape index (κ2) is 4.77. The Morgan fingerprint density at radius 1 is 1.33 bits per heavy atom. The summed E-state index contributed by atoms with van der Waals surface area (Å²) in [6.45, 7) is 11.8. The Balaban J connectivity index is 1.51. The smallest absolute Gasteiger partial charge is 0.0685 e. The van der Waals surface area contributed by atoms with E-state index >= 15 is 0 Å². The van der Waals surface area contributed by atoms with Crippen LogP contribution >= 0.6 is 0 Å². The highest BCUT2D eigenvalue weighted by atomic mass is 16.5. The van der Waals surface area contributed by atoms with Crippen LogP contribution in [0.4, 0.5) is 0 Å². The fraction of sp³-hybridized carbons (Fsp3) is 1.00. The van der Waals surface area contributed by atoms with E-state index < -0.39 is 0 Å². The molecular weight excluding hydrogens is 224 g/mol. The number of rotatable bonds is 4. The summed E-state index contributed by atoms with van der Waals surface area (Å²) in [7, 11) is 0. The highest BCUT2D eigenvalue weighted by molar-refractivity contribution is 5.11. The molecule has 0 radical (unpaired) electrons. The lowest BCUT2D eigenvalue weighted by molar-refractivity contribution is -0.113. The number of nitrogens with one attached hydrogen (secondary N) is 1. The van der Waals surface area contributed by atoms with Gasteiger partial charge < -0.3 is 10.1 Å². The van der Waals surface area contributed by atoms with E-state index in [9.17, 15) is 0 Å². The Morgan fingerprint density at radius 3 is 2.78 bits per heavy atom. The van der Waals surface area contributed by atoms with Crippen LogP contribution in [-0.4, -0.2) is 49.3 Å². The van der Waals surface area contributed by atoms with E-state index in [1.807, 2.05) is 0 Å². The Bertz CT molecular complexity index is 299. The molecule has 3 nitrogen and oxygen atoms in total. The van der Waals surface area contributed by atoms with Crippen LogP contribution in [0.3, 0.4) is 0 Å². The molecule has 2 heterocycles. The van der Waals surface area contributed by atoms with Crippen molar-refractivity contribution in [1.82, 2.24) is 10.2 Å². The van der Waals surface area contributed by atoms with Gasteiger partial charge in [-0.05, 0) is 39.3 Å². The van der Waals surface area contributed by atoms with Crippen LogP contribution in [0.5, 0.6) is 0 Å². The van der Waals surface area contributed by atoms with Gasteiger partial charge in [0.05, 0.1) is 6.10 Å². The third-order valence-electron chi connectivity index (χ3n) is 5.50. The topological polar surface area (TPSA) is 24.5 Å². The van der Waals surface area contributed by atoms with Gasteiger partial charge in [0.1, 0.15) is 0 Å². The first-order valence-electron chi connectivity index (χ1n) is 7.70. The summed E-state index contributed by atoms with van der Waals surface area (Å²) in [6, 6.07) is 1.35. The minimum absolute atomic E-state index is 0.325. The SMILES string of the molecule is CC(CNC1C2CCOC2C1(C)C)N1CCCC1. The van der Waals surface area contributed by atoms with Gasteiger partial charge in [-0.2, -0.15) is 0 Å². The quantitative estimate of drug-likeness (QED) is 0.827. The Labute approximate surface area is 111 Å². The zero-order valence-corrected chi connectivity index (χ0v) is 12.1. The lowest BCUT2D eigenvalue weighted by Crippen LogP contribution is -2.66. The average Bonchev–Trinajstić information content (AvgIpc) is 2.98. The maximum Gasteiger partial charge on any atom is 0.0685 e. The molecule has 3 heteroatoms. The van der Waals surface area contributed by atoms with Crippen molar-refractivity contribution < 1.29 is 4.74 Å².